The van der Waals surface area contributed by atoms with E-state index in [-0.39, 0.29) is 17.9 Å². The van der Waals surface area contributed by atoms with Gasteiger partial charge in [0.15, 0.2) is 0 Å². The fourth-order valence-electron chi connectivity index (χ4n) is 8.77. The Hall–Kier alpha value is -0.610. The summed E-state index contributed by atoms with van der Waals surface area (Å²) in [7, 11) is 0. The molecule has 4 rings (SSSR count). The van der Waals surface area contributed by atoms with Crippen LogP contribution in [0.4, 0.5) is 0 Å². The Bertz CT molecular complexity index is 609. The molecular formula is C24H41NO3. The lowest BCUT2D eigenvalue weighted by Gasteiger charge is -2.62. The molecule has 160 valence electrons. The Balaban J connectivity index is 1.56. The van der Waals surface area contributed by atoms with E-state index in [1.54, 1.807) is 0 Å². The maximum atomic E-state index is 11.5. The summed E-state index contributed by atoms with van der Waals surface area (Å²) in [5, 5.41) is 20.6. The summed E-state index contributed by atoms with van der Waals surface area (Å²) < 4.78 is 0. The summed E-state index contributed by atoms with van der Waals surface area (Å²) in [6.45, 7) is 7.08. The van der Waals surface area contributed by atoms with E-state index in [4.69, 9.17) is 10.8 Å². The Morgan fingerprint density at radius 3 is 2.57 bits per heavy atom. The number of carboxylic acid groups (broad SMARTS) is 1. The molecule has 4 aliphatic carbocycles. The molecule has 0 heterocycles. The predicted octanol–water partition coefficient (Wildman–Crippen LogP) is 4.44. The molecule has 5 unspecified atom stereocenters. The van der Waals surface area contributed by atoms with E-state index in [1.807, 2.05) is 0 Å². The minimum atomic E-state index is -0.697. The van der Waals surface area contributed by atoms with Crippen LogP contribution in [0.1, 0.15) is 85.0 Å². The first kappa shape index (κ1) is 20.7. The third kappa shape index (κ3) is 3.05. The molecule has 10 atom stereocenters. The molecule has 0 spiro atoms. The Labute approximate surface area is 170 Å². The Morgan fingerprint density at radius 1 is 1.11 bits per heavy atom. The number of hydrogen-bond donors (Lipinski definition) is 3. The first-order valence-electron chi connectivity index (χ1n) is 11.8. The molecule has 4 nitrogen and oxygen atoms in total. The zero-order chi connectivity index (χ0) is 20.3. The lowest BCUT2D eigenvalue weighted by atomic mass is 9.43. The van der Waals surface area contributed by atoms with E-state index in [0.717, 1.165) is 37.5 Å². The summed E-state index contributed by atoms with van der Waals surface area (Å²) in [6.07, 6.45) is 10.2. The van der Waals surface area contributed by atoms with Gasteiger partial charge in [-0.25, -0.2) is 0 Å². The van der Waals surface area contributed by atoms with Crippen LogP contribution in [-0.2, 0) is 4.79 Å². The molecule has 4 heteroatoms. The fraction of sp³-hybridized carbons (Fsp3) is 0.958. The van der Waals surface area contributed by atoms with Gasteiger partial charge in [0.1, 0.15) is 0 Å². The highest BCUT2D eigenvalue weighted by molar-refractivity contribution is 5.66. The summed E-state index contributed by atoms with van der Waals surface area (Å²) in [4.78, 5) is 11.1. The molecule has 0 radical (unpaired) electrons. The second-order valence-electron chi connectivity index (χ2n) is 11.4. The molecule has 0 amide bonds. The van der Waals surface area contributed by atoms with Gasteiger partial charge in [-0.15, -0.1) is 0 Å². The van der Waals surface area contributed by atoms with E-state index in [0.29, 0.717) is 35.1 Å². The van der Waals surface area contributed by atoms with Gasteiger partial charge in [-0.3, -0.25) is 4.79 Å². The van der Waals surface area contributed by atoms with Crippen LogP contribution in [0.25, 0.3) is 0 Å². The summed E-state index contributed by atoms with van der Waals surface area (Å²) in [5.74, 6) is 2.85. The number of aliphatic carboxylic acids is 1. The van der Waals surface area contributed by atoms with Gasteiger partial charge < -0.3 is 15.9 Å². The lowest BCUT2D eigenvalue weighted by molar-refractivity contribution is -0.169. The second kappa shape index (κ2) is 7.27. The minimum absolute atomic E-state index is 0.0344. The van der Waals surface area contributed by atoms with Gasteiger partial charge in [0, 0.05) is 12.5 Å². The summed E-state index contributed by atoms with van der Waals surface area (Å²) in [5.41, 5.74) is 6.63. The van der Waals surface area contributed by atoms with Crippen molar-refractivity contribution in [2.75, 3.05) is 0 Å². The number of aliphatic hydroxyl groups is 1. The summed E-state index contributed by atoms with van der Waals surface area (Å²) in [6, 6.07) is 0.374. The number of aliphatic hydroxyl groups excluding tert-OH is 1. The van der Waals surface area contributed by atoms with Crippen molar-refractivity contribution in [3.8, 4) is 0 Å². The molecular weight excluding hydrogens is 350 g/mol. The van der Waals surface area contributed by atoms with Gasteiger partial charge in [-0.05, 0) is 104 Å². The summed E-state index contributed by atoms with van der Waals surface area (Å²) >= 11 is 0. The molecule has 4 saturated carbocycles. The number of rotatable bonds is 4. The highest BCUT2D eigenvalue weighted by Gasteiger charge is 2.63. The smallest absolute Gasteiger partial charge is 0.303 e. The zero-order valence-electron chi connectivity index (χ0n) is 18.1. The standard InChI is InChI=1S/C24H41NO3/c1-14(4-9-22(27)28)18-7-8-19-17-6-5-15-12-16(25)10-11-23(15,2)20(17)13-21(26)24(18,19)3/h14-21,26H,4-13,25H2,1-3H3,(H,27,28)/t14?,15-,16?,17?,18-,19?,20?,21+,23+,24-/m1/s1. The van der Waals surface area contributed by atoms with Crippen molar-refractivity contribution in [3.63, 3.8) is 0 Å². The van der Waals surface area contributed by atoms with Crippen molar-refractivity contribution < 1.29 is 15.0 Å². The maximum absolute atomic E-state index is 11.5. The van der Waals surface area contributed by atoms with Crippen LogP contribution in [0, 0.1) is 46.3 Å². The molecule has 4 N–H and O–H groups in total. The van der Waals surface area contributed by atoms with Crippen LogP contribution in [0.2, 0.25) is 0 Å². The molecule has 0 saturated heterocycles. The van der Waals surface area contributed by atoms with Crippen LogP contribution < -0.4 is 5.73 Å². The average molecular weight is 392 g/mol. The Kier molecular flexibility index (Phi) is 5.36. The number of carbonyl (C=O) groups is 1. The lowest BCUT2D eigenvalue weighted by Crippen LogP contribution is -2.59. The first-order chi connectivity index (χ1) is 13.2. The number of fused-ring (bicyclic) bond motifs is 5. The second-order valence-corrected chi connectivity index (χ2v) is 11.4. The highest BCUT2D eigenvalue weighted by atomic mass is 16.4. The Morgan fingerprint density at radius 2 is 1.86 bits per heavy atom. The van der Waals surface area contributed by atoms with Crippen LogP contribution in [0.3, 0.4) is 0 Å². The topological polar surface area (TPSA) is 83.5 Å². The third-order valence-electron chi connectivity index (χ3n) is 10.4. The van der Waals surface area contributed by atoms with Gasteiger partial charge in [0.2, 0.25) is 0 Å². The van der Waals surface area contributed by atoms with Crippen LogP contribution >= 0.6 is 0 Å². The van der Waals surface area contributed by atoms with Gasteiger partial charge in [-0.2, -0.15) is 0 Å². The van der Waals surface area contributed by atoms with Gasteiger partial charge in [0.25, 0.3) is 0 Å². The van der Waals surface area contributed by atoms with Gasteiger partial charge >= 0.3 is 5.97 Å². The average Bonchev–Trinajstić information content (AvgIpc) is 3.00. The number of nitrogens with two attached hydrogens (primary N) is 1. The maximum Gasteiger partial charge on any atom is 0.303 e. The molecule has 28 heavy (non-hydrogen) atoms. The highest BCUT2D eigenvalue weighted by Crippen LogP contribution is 2.68. The largest absolute Gasteiger partial charge is 0.481 e. The molecule has 0 aromatic rings. The van der Waals surface area contributed by atoms with Crippen molar-refractivity contribution in [1.82, 2.24) is 0 Å². The fourth-order valence-corrected chi connectivity index (χ4v) is 8.77. The van der Waals surface area contributed by atoms with Crippen molar-refractivity contribution in [3.05, 3.63) is 0 Å². The van der Waals surface area contributed by atoms with Crippen molar-refractivity contribution in [2.24, 2.45) is 52.1 Å². The van der Waals surface area contributed by atoms with Crippen molar-refractivity contribution in [1.29, 1.82) is 0 Å². The van der Waals surface area contributed by atoms with E-state index >= 15 is 0 Å². The number of carboxylic acids is 1. The molecule has 0 aliphatic heterocycles. The zero-order valence-corrected chi connectivity index (χ0v) is 18.1. The van der Waals surface area contributed by atoms with E-state index < -0.39 is 5.97 Å². The molecule has 4 aliphatic rings. The van der Waals surface area contributed by atoms with Gasteiger partial charge in [-0.1, -0.05) is 20.8 Å². The number of hydrogen-bond acceptors (Lipinski definition) is 3. The molecule has 0 bridgehead atoms. The van der Waals surface area contributed by atoms with Crippen LogP contribution in [0.15, 0.2) is 0 Å². The quantitative estimate of drug-likeness (QED) is 0.661. The van der Waals surface area contributed by atoms with E-state index in [1.165, 1.54) is 32.1 Å². The van der Waals surface area contributed by atoms with E-state index in [9.17, 15) is 9.90 Å². The molecule has 0 aromatic heterocycles. The first-order valence-corrected chi connectivity index (χ1v) is 11.8. The third-order valence-corrected chi connectivity index (χ3v) is 10.4. The normalized spacial score (nSPS) is 51.7. The van der Waals surface area contributed by atoms with Crippen LogP contribution in [0.5, 0.6) is 0 Å². The minimum Gasteiger partial charge on any atom is -0.481 e. The van der Waals surface area contributed by atoms with E-state index in [2.05, 4.69) is 20.8 Å². The van der Waals surface area contributed by atoms with Crippen molar-refractivity contribution in [2.45, 2.75) is 97.1 Å². The van der Waals surface area contributed by atoms with Crippen molar-refractivity contribution >= 4 is 5.97 Å². The monoisotopic (exact) mass is 391 g/mol. The molecule has 4 fully saturated rings. The van der Waals surface area contributed by atoms with Crippen LogP contribution in [-0.4, -0.2) is 28.3 Å². The predicted molar refractivity (Wildman–Crippen MR) is 111 cm³/mol. The van der Waals surface area contributed by atoms with Gasteiger partial charge in [0.05, 0.1) is 6.10 Å². The molecule has 0 aromatic carbocycles. The SMILES string of the molecule is CC(CCC(=O)O)[C@H]1CCC2C3CC[C@@H]4CC(N)CC[C@]4(C)C3C[C@H](O)[C@@]21C.